The number of benzene rings is 6. The number of hydrogen-bond acceptors (Lipinski definition) is 4. The molecule has 9 rings (SSSR count). The number of pyridine rings is 1. The summed E-state index contributed by atoms with van der Waals surface area (Å²) in [4.78, 5) is 9.61. The molecule has 8 aromatic rings. The number of para-hydroxylation sites is 3. The number of rotatable bonds is 8. The molecule has 0 fully saturated rings. The summed E-state index contributed by atoms with van der Waals surface area (Å²) in [6.45, 7) is 13.8. The molecular formula is C50H45FN4O. The zero-order chi connectivity index (χ0) is 38.7. The number of aryl methyl sites for hydroxylation is 2. The molecule has 0 saturated heterocycles. The van der Waals surface area contributed by atoms with Gasteiger partial charge in [-0.05, 0) is 138 Å². The molecule has 278 valence electrons. The molecule has 0 atom stereocenters. The van der Waals surface area contributed by atoms with Gasteiger partial charge in [-0.15, -0.1) is 0 Å². The second kappa shape index (κ2) is 14.0. The van der Waals surface area contributed by atoms with E-state index >= 15 is 0 Å². The minimum Gasteiger partial charge on any atom is -0.457 e. The van der Waals surface area contributed by atoms with Crippen LogP contribution in [0.3, 0.4) is 0 Å². The first-order chi connectivity index (χ1) is 27.1. The van der Waals surface area contributed by atoms with Gasteiger partial charge in [0.2, 0.25) is 0 Å². The Balaban J connectivity index is 1.11. The molecule has 1 aliphatic heterocycles. The van der Waals surface area contributed by atoms with Crippen molar-refractivity contribution in [1.82, 2.24) is 9.55 Å². The maximum atomic E-state index is 14.4. The van der Waals surface area contributed by atoms with Gasteiger partial charge in [0.15, 0.2) is 0 Å². The quantitative estimate of drug-likeness (QED) is 0.156. The third-order valence-electron chi connectivity index (χ3n) is 10.9. The zero-order valence-electron chi connectivity index (χ0n) is 32.7. The molecule has 0 amide bonds. The van der Waals surface area contributed by atoms with Gasteiger partial charge in [0.05, 0.1) is 22.4 Å². The van der Waals surface area contributed by atoms with Crippen molar-refractivity contribution in [2.75, 3.05) is 16.5 Å². The van der Waals surface area contributed by atoms with Gasteiger partial charge in [-0.3, -0.25) is 4.57 Å². The molecule has 56 heavy (non-hydrogen) atoms. The summed E-state index contributed by atoms with van der Waals surface area (Å²) in [5.74, 6) is 2.68. The second-order valence-electron chi connectivity index (χ2n) is 15.6. The molecule has 6 aromatic carbocycles. The van der Waals surface area contributed by atoms with Gasteiger partial charge < -0.3 is 14.5 Å². The monoisotopic (exact) mass is 736 g/mol. The number of aromatic nitrogens is 2. The summed E-state index contributed by atoms with van der Waals surface area (Å²) < 4.78 is 23.4. The number of anilines is 4. The van der Waals surface area contributed by atoms with Gasteiger partial charge in [0.1, 0.15) is 29.8 Å². The van der Waals surface area contributed by atoms with Crippen LogP contribution in [0.4, 0.5) is 27.1 Å². The lowest BCUT2D eigenvalue weighted by atomic mass is 9.87. The predicted octanol–water partition coefficient (Wildman–Crippen LogP) is 13.9. The van der Waals surface area contributed by atoms with E-state index in [0.717, 1.165) is 73.1 Å². The van der Waals surface area contributed by atoms with E-state index in [0.29, 0.717) is 6.67 Å². The van der Waals surface area contributed by atoms with Gasteiger partial charge in [0, 0.05) is 40.5 Å². The lowest BCUT2D eigenvalue weighted by Gasteiger charge is -2.30. The first-order valence-electron chi connectivity index (χ1n) is 19.5. The van der Waals surface area contributed by atoms with Gasteiger partial charge in [0.25, 0.3) is 0 Å². The van der Waals surface area contributed by atoms with Gasteiger partial charge in [-0.2, -0.15) is 0 Å². The van der Waals surface area contributed by atoms with Gasteiger partial charge >= 0.3 is 0 Å². The van der Waals surface area contributed by atoms with Crippen molar-refractivity contribution >= 4 is 44.6 Å². The van der Waals surface area contributed by atoms with Gasteiger partial charge in [-0.1, -0.05) is 70.2 Å². The minimum absolute atomic E-state index is 0.224. The minimum atomic E-state index is -0.224. The van der Waals surface area contributed by atoms with Crippen LogP contribution < -0.4 is 14.5 Å². The number of halogens is 1. The van der Waals surface area contributed by atoms with E-state index < -0.39 is 0 Å². The van der Waals surface area contributed by atoms with E-state index in [1.807, 2.05) is 18.3 Å². The van der Waals surface area contributed by atoms with Crippen LogP contribution in [0.5, 0.6) is 11.5 Å². The molecular weight excluding hydrogens is 692 g/mol. The Bertz CT molecular complexity index is 2750. The van der Waals surface area contributed by atoms with Crippen LogP contribution in [0.1, 0.15) is 61.8 Å². The highest BCUT2D eigenvalue weighted by Gasteiger charge is 2.32. The summed E-state index contributed by atoms with van der Waals surface area (Å²) in [6.07, 6.45) is 1.87. The summed E-state index contributed by atoms with van der Waals surface area (Å²) in [6, 6.07) is 45.5. The molecule has 0 spiro atoms. The molecule has 1 aliphatic rings. The van der Waals surface area contributed by atoms with E-state index in [2.05, 4.69) is 159 Å². The Morgan fingerprint density at radius 3 is 2.04 bits per heavy atom. The van der Waals surface area contributed by atoms with Crippen molar-refractivity contribution < 1.29 is 9.13 Å². The molecule has 0 unspecified atom stereocenters. The first kappa shape index (κ1) is 35.3. The van der Waals surface area contributed by atoms with Crippen LogP contribution in [-0.4, -0.2) is 16.2 Å². The second-order valence-corrected chi connectivity index (χ2v) is 15.6. The Morgan fingerprint density at radius 2 is 1.30 bits per heavy atom. The zero-order valence-corrected chi connectivity index (χ0v) is 32.7. The lowest BCUT2D eigenvalue weighted by Crippen LogP contribution is -2.26. The van der Waals surface area contributed by atoms with Crippen LogP contribution in [0.25, 0.3) is 38.8 Å². The number of hydrogen-bond donors (Lipinski definition) is 0. The maximum absolute atomic E-state index is 14.4. The third-order valence-corrected chi connectivity index (χ3v) is 10.9. The summed E-state index contributed by atoms with van der Waals surface area (Å²) in [5, 5.41) is 2.33. The molecule has 0 radical (unpaired) electrons. The number of fused-ring (bicyclic) bond motifs is 4. The van der Waals surface area contributed by atoms with Crippen molar-refractivity contribution in [1.29, 1.82) is 0 Å². The number of ether oxygens (including phenoxy) is 1. The predicted molar refractivity (Wildman–Crippen MR) is 230 cm³/mol. The van der Waals surface area contributed by atoms with Crippen LogP contribution in [0.2, 0.25) is 0 Å². The normalized spacial score (nSPS) is 12.7. The third kappa shape index (κ3) is 6.25. The molecule has 0 aliphatic carbocycles. The van der Waals surface area contributed by atoms with E-state index in [9.17, 15) is 4.39 Å². The van der Waals surface area contributed by atoms with Crippen molar-refractivity contribution in [3.8, 4) is 28.4 Å². The van der Waals surface area contributed by atoms with Crippen molar-refractivity contribution in [3.63, 3.8) is 0 Å². The Morgan fingerprint density at radius 1 is 0.589 bits per heavy atom. The fraction of sp³-hybridized carbons (Fsp3) is 0.180. The van der Waals surface area contributed by atoms with E-state index in [1.54, 1.807) is 12.1 Å². The standard InChI is InChI=1S/C50H45FN4O/c1-31(2)43-26-36(35-12-11-13-37(51)25-35)27-44(32(3)4)50(43)54-30-53(46-16-9-10-17-47(46)54)38-22-34(6)23-40(28-38)56-39-18-19-42-41-14-7-8-15-45(41)55(48(42)29-39)49-24-33(5)20-21-52-49/h7-29,31-32H,30H2,1-6H3. The fourth-order valence-electron chi connectivity index (χ4n) is 8.32. The molecule has 5 nitrogen and oxygen atoms in total. The highest BCUT2D eigenvalue weighted by atomic mass is 19.1. The summed E-state index contributed by atoms with van der Waals surface area (Å²) >= 11 is 0. The average molecular weight is 737 g/mol. The van der Waals surface area contributed by atoms with E-state index in [-0.39, 0.29) is 17.7 Å². The van der Waals surface area contributed by atoms with Crippen molar-refractivity contribution in [3.05, 3.63) is 168 Å². The Kier molecular flexibility index (Phi) is 8.85. The molecule has 6 heteroatoms. The van der Waals surface area contributed by atoms with Crippen molar-refractivity contribution in [2.24, 2.45) is 0 Å². The highest BCUT2D eigenvalue weighted by molar-refractivity contribution is 6.09. The molecule has 0 N–H and O–H groups in total. The highest BCUT2D eigenvalue weighted by Crippen LogP contribution is 2.50. The molecule has 0 saturated carbocycles. The maximum Gasteiger partial charge on any atom is 0.137 e. The topological polar surface area (TPSA) is 33.5 Å². The summed E-state index contributed by atoms with van der Waals surface area (Å²) in [5.41, 5.74) is 13.4. The van der Waals surface area contributed by atoms with E-state index in [1.165, 1.54) is 28.3 Å². The first-order valence-corrected chi connectivity index (χ1v) is 19.5. The Hall–Kier alpha value is -6.40. The van der Waals surface area contributed by atoms with Crippen LogP contribution in [0.15, 0.2) is 140 Å². The average Bonchev–Trinajstić information content (AvgIpc) is 3.73. The van der Waals surface area contributed by atoms with Crippen LogP contribution >= 0.6 is 0 Å². The SMILES string of the molecule is Cc1cc(Oc2ccc3c4ccccc4n(-c4cc(C)ccn4)c3c2)cc(N2CN(c3c(C(C)C)cc(-c4cccc(F)c4)cc3C(C)C)c3ccccc32)c1. The number of nitrogens with zero attached hydrogens (tertiary/aromatic N) is 4. The van der Waals surface area contributed by atoms with Gasteiger partial charge in [-0.25, -0.2) is 9.37 Å². The van der Waals surface area contributed by atoms with Crippen LogP contribution in [-0.2, 0) is 0 Å². The molecule has 2 aromatic heterocycles. The summed E-state index contributed by atoms with van der Waals surface area (Å²) in [7, 11) is 0. The fourth-order valence-corrected chi connectivity index (χ4v) is 8.32. The molecule has 0 bridgehead atoms. The molecule has 3 heterocycles. The van der Waals surface area contributed by atoms with E-state index in [4.69, 9.17) is 9.72 Å². The largest absolute Gasteiger partial charge is 0.457 e. The Labute approximate surface area is 328 Å². The van der Waals surface area contributed by atoms with Crippen LogP contribution in [0, 0.1) is 19.7 Å². The van der Waals surface area contributed by atoms with Crippen molar-refractivity contribution in [2.45, 2.75) is 53.4 Å². The smallest absolute Gasteiger partial charge is 0.137 e. The lowest BCUT2D eigenvalue weighted by molar-refractivity contribution is 0.483.